The monoisotopic (exact) mass is 464 g/mol. The molecule has 168 valence electrons. The standard InChI is InChI=1S/C21H28N4O4S2/c1-3-20(26)24-17-4-6-19(7-5-17)31(28,29)25-12-9-16(10-13-25)21(27)22-11-8-18-14-30-15(2)23-18/h4-7,14,16H,3,8-13H2,1-2H3,(H,22,27)(H,24,26). The second kappa shape index (κ2) is 10.3. The number of nitrogens with one attached hydrogen (secondary N) is 2. The number of anilines is 1. The van der Waals surface area contributed by atoms with Crippen LogP contribution in [0.3, 0.4) is 0 Å². The normalized spacial score (nSPS) is 15.5. The molecular weight excluding hydrogens is 436 g/mol. The summed E-state index contributed by atoms with van der Waals surface area (Å²) in [5.41, 5.74) is 1.54. The lowest BCUT2D eigenvalue weighted by Crippen LogP contribution is -2.43. The van der Waals surface area contributed by atoms with Gasteiger partial charge in [0.2, 0.25) is 21.8 Å². The van der Waals surface area contributed by atoms with Crippen LogP contribution in [0.15, 0.2) is 34.5 Å². The number of rotatable bonds is 8. The third-order valence-corrected chi connectivity index (χ3v) is 8.00. The predicted octanol–water partition coefficient (Wildman–Crippen LogP) is 2.56. The fraction of sp³-hybridized carbons (Fsp3) is 0.476. The van der Waals surface area contributed by atoms with Crippen molar-refractivity contribution in [3.63, 3.8) is 0 Å². The van der Waals surface area contributed by atoms with Gasteiger partial charge in [0.1, 0.15) is 0 Å². The number of hydrogen-bond acceptors (Lipinski definition) is 6. The minimum atomic E-state index is -3.63. The first-order valence-corrected chi connectivity index (χ1v) is 12.7. The Morgan fingerprint density at radius 2 is 1.87 bits per heavy atom. The molecule has 31 heavy (non-hydrogen) atoms. The van der Waals surface area contributed by atoms with E-state index in [-0.39, 0.29) is 22.6 Å². The highest BCUT2D eigenvalue weighted by atomic mass is 32.2. The molecule has 1 aromatic heterocycles. The van der Waals surface area contributed by atoms with Gasteiger partial charge in [-0.05, 0) is 44.0 Å². The molecule has 1 aromatic carbocycles. The summed E-state index contributed by atoms with van der Waals surface area (Å²) in [5, 5.41) is 8.65. The van der Waals surface area contributed by atoms with Crippen molar-refractivity contribution in [3.8, 4) is 0 Å². The van der Waals surface area contributed by atoms with Gasteiger partial charge < -0.3 is 10.6 Å². The average molecular weight is 465 g/mol. The number of aromatic nitrogens is 1. The van der Waals surface area contributed by atoms with E-state index in [1.807, 2.05) is 12.3 Å². The lowest BCUT2D eigenvalue weighted by Gasteiger charge is -2.30. The molecule has 1 aliphatic heterocycles. The van der Waals surface area contributed by atoms with E-state index >= 15 is 0 Å². The number of piperidine rings is 1. The lowest BCUT2D eigenvalue weighted by atomic mass is 9.97. The van der Waals surface area contributed by atoms with E-state index in [0.717, 1.165) is 10.7 Å². The van der Waals surface area contributed by atoms with Gasteiger partial charge in [-0.1, -0.05) is 6.92 Å². The summed E-state index contributed by atoms with van der Waals surface area (Å²) in [5.74, 6) is -0.340. The Kier molecular flexibility index (Phi) is 7.79. The number of thiazole rings is 1. The maximum absolute atomic E-state index is 12.9. The van der Waals surface area contributed by atoms with Gasteiger partial charge in [0.25, 0.3) is 0 Å². The topological polar surface area (TPSA) is 108 Å². The number of hydrogen-bond donors (Lipinski definition) is 2. The van der Waals surface area contributed by atoms with E-state index in [2.05, 4.69) is 15.6 Å². The van der Waals surface area contributed by atoms with Gasteiger partial charge in [-0.15, -0.1) is 11.3 Å². The maximum Gasteiger partial charge on any atom is 0.243 e. The molecule has 2 aromatic rings. The summed E-state index contributed by atoms with van der Waals surface area (Å²) in [6, 6.07) is 6.17. The number of nitrogens with zero attached hydrogens (tertiary/aromatic N) is 2. The van der Waals surface area contributed by atoms with Crippen LogP contribution in [0, 0.1) is 12.8 Å². The van der Waals surface area contributed by atoms with Crippen LogP contribution in [-0.4, -0.2) is 49.2 Å². The molecule has 1 fully saturated rings. The van der Waals surface area contributed by atoms with Crippen molar-refractivity contribution >= 4 is 38.9 Å². The minimum Gasteiger partial charge on any atom is -0.355 e. The number of carbonyl (C=O) groups excluding carboxylic acids is 2. The first kappa shape index (κ1) is 23.4. The van der Waals surface area contributed by atoms with Gasteiger partial charge in [-0.3, -0.25) is 9.59 Å². The number of carbonyl (C=O) groups is 2. The quantitative estimate of drug-likeness (QED) is 0.624. The molecule has 0 atom stereocenters. The fourth-order valence-corrected chi connectivity index (χ4v) is 5.57. The second-order valence-corrected chi connectivity index (χ2v) is 10.5. The smallest absolute Gasteiger partial charge is 0.243 e. The summed E-state index contributed by atoms with van der Waals surface area (Å²) in [7, 11) is -3.63. The molecule has 0 bridgehead atoms. The van der Waals surface area contributed by atoms with Crippen molar-refractivity contribution in [2.45, 2.75) is 44.4 Å². The second-order valence-electron chi connectivity index (χ2n) is 7.50. The zero-order valence-corrected chi connectivity index (χ0v) is 19.4. The molecule has 2 N–H and O–H groups in total. The SMILES string of the molecule is CCC(=O)Nc1ccc(S(=O)(=O)N2CCC(C(=O)NCCc3csc(C)n3)CC2)cc1. The molecule has 8 nitrogen and oxygen atoms in total. The molecule has 2 amide bonds. The van der Waals surface area contributed by atoms with Gasteiger partial charge in [0.15, 0.2) is 0 Å². The van der Waals surface area contributed by atoms with Gasteiger partial charge in [0, 0.05) is 49.5 Å². The van der Waals surface area contributed by atoms with Crippen LogP contribution >= 0.6 is 11.3 Å². The number of aryl methyl sites for hydroxylation is 1. The molecule has 2 heterocycles. The summed E-state index contributed by atoms with van der Waals surface area (Å²) >= 11 is 1.59. The Labute approximate surface area is 187 Å². The van der Waals surface area contributed by atoms with Gasteiger partial charge >= 0.3 is 0 Å². The Hall–Kier alpha value is -2.30. The van der Waals surface area contributed by atoms with Crippen molar-refractivity contribution in [1.82, 2.24) is 14.6 Å². The third-order valence-electron chi connectivity index (χ3n) is 5.27. The Morgan fingerprint density at radius 3 is 2.45 bits per heavy atom. The minimum absolute atomic E-state index is 0.0278. The zero-order chi connectivity index (χ0) is 22.4. The van der Waals surface area contributed by atoms with Gasteiger partial charge in [0.05, 0.1) is 15.6 Å². The van der Waals surface area contributed by atoms with Crippen LogP contribution in [0.2, 0.25) is 0 Å². The van der Waals surface area contributed by atoms with Crippen molar-refractivity contribution in [2.75, 3.05) is 25.0 Å². The summed E-state index contributed by atoms with van der Waals surface area (Å²) in [6.07, 6.45) is 2.03. The van der Waals surface area contributed by atoms with Crippen LogP contribution < -0.4 is 10.6 Å². The number of amides is 2. The first-order chi connectivity index (χ1) is 14.8. The Bertz CT molecular complexity index is 1010. The molecule has 0 unspecified atom stereocenters. The van der Waals surface area contributed by atoms with Crippen molar-refractivity contribution < 1.29 is 18.0 Å². The highest BCUT2D eigenvalue weighted by molar-refractivity contribution is 7.89. The van der Waals surface area contributed by atoms with Crippen molar-refractivity contribution in [3.05, 3.63) is 40.3 Å². The molecule has 1 saturated heterocycles. The molecule has 0 radical (unpaired) electrons. The largest absolute Gasteiger partial charge is 0.355 e. The third kappa shape index (κ3) is 6.11. The molecule has 1 aliphatic rings. The van der Waals surface area contributed by atoms with E-state index in [0.29, 0.717) is 51.0 Å². The Balaban J connectivity index is 1.49. The van der Waals surface area contributed by atoms with E-state index < -0.39 is 10.0 Å². The number of benzene rings is 1. The van der Waals surface area contributed by atoms with Crippen LogP contribution in [0.5, 0.6) is 0 Å². The summed E-state index contributed by atoms with van der Waals surface area (Å²) < 4.78 is 27.3. The molecule has 3 rings (SSSR count). The molecule has 0 aliphatic carbocycles. The first-order valence-electron chi connectivity index (χ1n) is 10.4. The van der Waals surface area contributed by atoms with Crippen molar-refractivity contribution in [2.24, 2.45) is 5.92 Å². The maximum atomic E-state index is 12.9. The van der Waals surface area contributed by atoms with Crippen molar-refractivity contribution in [1.29, 1.82) is 0 Å². The molecule has 0 spiro atoms. The molecular formula is C21H28N4O4S2. The van der Waals surface area contributed by atoms with E-state index in [4.69, 9.17) is 0 Å². The lowest BCUT2D eigenvalue weighted by molar-refractivity contribution is -0.126. The van der Waals surface area contributed by atoms with Gasteiger partial charge in [-0.2, -0.15) is 4.31 Å². The summed E-state index contributed by atoms with van der Waals surface area (Å²) in [4.78, 5) is 28.5. The van der Waals surface area contributed by atoms with E-state index in [1.165, 1.54) is 16.4 Å². The van der Waals surface area contributed by atoms with Crippen LogP contribution in [0.25, 0.3) is 0 Å². The highest BCUT2D eigenvalue weighted by Crippen LogP contribution is 2.25. The van der Waals surface area contributed by atoms with E-state index in [9.17, 15) is 18.0 Å². The highest BCUT2D eigenvalue weighted by Gasteiger charge is 2.32. The van der Waals surface area contributed by atoms with Crippen LogP contribution in [-0.2, 0) is 26.0 Å². The molecule has 10 heteroatoms. The van der Waals surface area contributed by atoms with Crippen LogP contribution in [0.4, 0.5) is 5.69 Å². The zero-order valence-electron chi connectivity index (χ0n) is 17.8. The van der Waals surface area contributed by atoms with Gasteiger partial charge in [-0.25, -0.2) is 13.4 Å². The van der Waals surface area contributed by atoms with E-state index in [1.54, 1.807) is 30.4 Å². The fourth-order valence-electron chi connectivity index (χ4n) is 3.45. The van der Waals surface area contributed by atoms with Crippen LogP contribution in [0.1, 0.15) is 36.9 Å². The predicted molar refractivity (Wildman–Crippen MR) is 120 cm³/mol. The summed E-state index contributed by atoms with van der Waals surface area (Å²) in [6.45, 7) is 4.84. The average Bonchev–Trinajstić information content (AvgIpc) is 3.19. The number of sulfonamides is 1. The Morgan fingerprint density at radius 1 is 1.19 bits per heavy atom. The molecule has 0 saturated carbocycles.